The molecular formula is C19H20ClN3O3S. The maximum atomic E-state index is 12.4. The van der Waals surface area contributed by atoms with Crippen molar-refractivity contribution in [2.75, 3.05) is 6.61 Å². The smallest absolute Gasteiger partial charge is 0.296 e. The van der Waals surface area contributed by atoms with Crippen LogP contribution in [-0.4, -0.2) is 29.6 Å². The number of halogens is 1. The van der Waals surface area contributed by atoms with E-state index in [1.54, 1.807) is 24.3 Å². The first kappa shape index (κ1) is 18.4. The molecule has 4 rings (SSSR count). The fraction of sp³-hybridized carbons (Fsp3) is 0.368. The van der Waals surface area contributed by atoms with Gasteiger partial charge in [0.05, 0.1) is 16.9 Å². The summed E-state index contributed by atoms with van der Waals surface area (Å²) in [5.74, 6) is 0.185. The molecule has 0 saturated heterocycles. The molecule has 0 aliphatic heterocycles. The van der Waals surface area contributed by atoms with Gasteiger partial charge in [0.15, 0.2) is 0 Å². The third kappa shape index (κ3) is 3.72. The number of fused-ring (bicyclic) bond motifs is 1. The van der Waals surface area contributed by atoms with Crippen LogP contribution >= 0.6 is 11.6 Å². The van der Waals surface area contributed by atoms with Crippen LogP contribution in [0, 0.1) is 12.8 Å². The van der Waals surface area contributed by atoms with Gasteiger partial charge in [0.2, 0.25) is 0 Å². The van der Waals surface area contributed by atoms with Crippen molar-refractivity contribution in [2.45, 2.75) is 37.1 Å². The number of nitrogens with zero attached hydrogens (tertiary/aromatic N) is 3. The largest absolute Gasteiger partial charge is 0.329 e. The third-order valence-corrected chi connectivity index (χ3v) is 6.73. The number of aromatic nitrogens is 3. The summed E-state index contributed by atoms with van der Waals surface area (Å²) >= 11 is 6.12. The summed E-state index contributed by atoms with van der Waals surface area (Å²) < 4.78 is 32.2. The van der Waals surface area contributed by atoms with Gasteiger partial charge in [0, 0.05) is 12.2 Å². The molecule has 1 fully saturated rings. The van der Waals surface area contributed by atoms with Gasteiger partial charge in [-0.15, -0.1) is 0 Å². The Morgan fingerprint density at radius 2 is 1.96 bits per heavy atom. The monoisotopic (exact) mass is 405 g/mol. The van der Waals surface area contributed by atoms with Crippen LogP contribution in [0.4, 0.5) is 0 Å². The Morgan fingerprint density at radius 1 is 1.19 bits per heavy atom. The van der Waals surface area contributed by atoms with Crippen LogP contribution in [0.25, 0.3) is 11.0 Å². The lowest BCUT2D eigenvalue weighted by Gasteiger charge is -2.14. The summed E-state index contributed by atoms with van der Waals surface area (Å²) in [4.78, 5) is 8.55. The summed E-state index contributed by atoms with van der Waals surface area (Å²) in [7, 11) is -3.72. The predicted octanol–water partition coefficient (Wildman–Crippen LogP) is 4.14. The third-order valence-electron chi connectivity index (χ3n) is 5.14. The van der Waals surface area contributed by atoms with Crippen LogP contribution in [0.15, 0.2) is 47.8 Å². The highest BCUT2D eigenvalue weighted by molar-refractivity contribution is 7.86. The van der Waals surface area contributed by atoms with E-state index in [1.165, 1.54) is 6.33 Å². The van der Waals surface area contributed by atoms with Crippen LogP contribution in [0.5, 0.6) is 0 Å². The van der Waals surface area contributed by atoms with Crippen molar-refractivity contribution < 1.29 is 12.6 Å². The molecule has 0 bridgehead atoms. The molecule has 0 radical (unpaired) electrons. The maximum Gasteiger partial charge on any atom is 0.296 e. The topological polar surface area (TPSA) is 74.1 Å². The first-order valence-corrected chi connectivity index (χ1v) is 10.7. The lowest BCUT2D eigenvalue weighted by molar-refractivity contribution is 0.253. The molecule has 27 heavy (non-hydrogen) atoms. The second kappa shape index (κ2) is 7.22. The quantitative estimate of drug-likeness (QED) is 0.471. The number of aryl methyl sites for hydroxylation is 1. The highest BCUT2D eigenvalue weighted by atomic mass is 35.5. The van der Waals surface area contributed by atoms with Crippen LogP contribution in [-0.2, 0) is 14.3 Å². The van der Waals surface area contributed by atoms with E-state index in [0.29, 0.717) is 5.15 Å². The Balaban J connectivity index is 1.42. The van der Waals surface area contributed by atoms with Gasteiger partial charge in [0.25, 0.3) is 10.1 Å². The fourth-order valence-electron chi connectivity index (χ4n) is 3.65. The minimum Gasteiger partial charge on any atom is -0.329 e. The zero-order valence-electron chi connectivity index (χ0n) is 14.9. The van der Waals surface area contributed by atoms with E-state index >= 15 is 0 Å². The van der Waals surface area contributed by atoms with E-state index < -0.39 is 10.1 Å². The van der Waals surface area contributed by atoms with Gasteiger partial charge in [-0.25, -0.2) is 9.97 Å². The first-order valence-electron chi connectivity index (χ1n) is 8.87. The van der Waals surface area contributed by atoms with Crippen LogP contribution < -0.4 is 0 Å². The molecule has 6 nitrogen and oxygen atoms in total. The van der Waals surface area contributed by atoms with Gasteiger partial charge in [-0.2, -0.15) is 8.42 Å². The highest BCUT2D eigenvalue weighted by Crippen LogP contribution is 2.37. The molecule has 1 aliphatic rings. The zero-order chi connectivity index (χ0) is 19.0. The van der Waals surface area contributed by atoms with Gasteiger partial charge < -0.3 is 4.57 Å². The lowest BCUT2D eigenvalue weighted by Crippen LogP contribution is -2.14. The summed E-state index contributed by atoms with van der Waals surface area (Å²) in [5, 5.41) is 1.28. The van der Waals surface area contributed by atoms with Crippen molar-refractivity contribution in [1.29, 1.82) is 0 Å². The summed E-state index contributed by atoms with van der Waals surface area (Å²) in [5.41, 5.74) is 1.82. The van der Waals surface area contributed by atoms with Gasteiger partial charge in [-0.3, -0.25) is 4.18 Å². The van der Waals surface area contributed by atoms with E-state index in [2.05, 4.69) is 14.5 Å². The van der Waals surface area contributed by atoms with Crippen LogP contribution in [0.2, 0.25) is 5.15 Å². The van der Waals surface area contributed by atoms with Crippen molar-refractivity contribution >= 4 is 32.8 Å². The average molecular weight is 406 g/mol. The molecule has 3 aromatic rings. The van der Waals surface area contributed by atoms with Crippen LogP contribution in [0.3, 0.4) is 0 Å². The Kier molecular flexibility index (Phi) is 4.92. The number of hydrogen-bond acceptors (Lipinski definition) is 5. The van der Waals surface area contributed by atoms with Crippen molar-refractivity contribution in [1.82, 2.24) is 14.5 Å². The van der Waals surface area contributed by atoms with E-state index in [4.69, 9.17) is 15.8 Å². The Morgan fingerprint density at radius 3 is 2.74 bits per heavy atom. The molecule has 0 amide bonds. The van der Waals surface area contributed by atoms with Gasteiger partial charge in [-0.1, -0.05) is 29.3 Å². The van der Waals surface area contributed by atoms with Crippen molar-refractivity contribution in [3.05, 3.63) is 53.6 Å². The van der Waals surface area contributed by atoms with E-state index in [1.807, 2.05) is 19.2 Å². The number of hydrogen-bond donors (Lipinski definition) is 0. The minimum absolute atomic E-state index is 0.185. The molecule has 8 heteroatoms. The Bertz CT molecular complexity index is 1060. The molecule has 2 aromatic heterocycles. The molecular weight excluding hydrogens is 386 g/mol. The maximum absolute atomic E-state index is 12.4. The molecule has 0 N–H and O–H groups in total. The molecule has 142 valence electrons. The second-order valence-electron chi connectivity index (χ2n) is 7.01. The molecule has 1 aromatic carbocycles. The highest BCUT2D eigenvalue weighted by Gasteiger charge is 2.29. The Labute approximate surface area is 163 Å². The van der Waals surface area contributed by atoms with Crippen molar-refractivity contribution in [3.8, 4) is 0 Å². The van der Waals surface area contributed by atoms with E-state index in [-0.39, 0.29) is 23.5 Å². The van der Waals surface area contributed by atoms with Gasteiger partial charge in [-0.05, 0) is 50.3 Å². The van der Waals surface area contributed by atoms with Crippen molar-refractivity contribution in [3.63, 3.8) is 0 Å². The SMILES string of the molecule is Cc1ccc(S(=O)(=O)OC[C@@H]2CC[C@H](n3ccc4c(Cl)ncnc43)C2)cc1. The summed E-state index contributed by atoms with van der Waals surface area (Å²) in [6.07, 6.45) is 6.14. The first-order chi connectivity index (χ1) is 12.9. The molecule has 1 aliphatic carbocycles. The molecule has 0 unspecified atom stereocenters. The van der Waals surface area contributed by atoms with Crippen molar-refractivity contribution in [2.24, 2.45) is 5.92 Å². The van der Waals surface area contributed by atoms with E-state index in [0.717, 1.165) is 35.9 Å². The lowest BCUT2D eigenvalue weighted by atomic mass is 10.1. The summed E-state index contributed by atoms with van der Waals surface area (Å²) in [6.45, 7) is 2.11. The molecule has 2 heterocycles. The fourth-order valence-corrected chi connectivity index (χ4v) is 4.81. The Hall–Kier alpha value is -1.96. The zero-order valence-corrected chi connectivity index (χ0v) is 16.4. The molecule has 1 saturated carbocycles. The number of benzene rings is 1. The molecule has 0 spiro atoms. The minimum atomic E-state index is -3.72. The van der Waals surface area contributed by atoms with E-state index in [9.17, 15) is 8.42 Å². The number of rotatable bonds is 5. The van der Waals surface area contributed by atoms with Gasteiger partial charge >= 0.3 is 0 Å². The standard InChI is InChI=1S/C19H20ClN3O3S/c1-13-2-6-16(7-3-13)27(24,25)26-11-14-4-5-15(10-14)23-9-8-17-18(20)21-12-22-19(17)23/h2-3,6-9,12,14-15H,4-5,10-11H2,1H3/t14-,15+/m1/s1. The van der Waals surface area contributed by atoms with Crippen LogP contribution in [0.1, 0.15) is 30.9 Å². The normalized spacial score (nSPS) is 20.4. The average Bonchev–Trinajstić information content (AvgIpc) is 3.28. The molecule has 2 atom stereocenters. The van der Waals surface area contributed by atoms with Gasteiger partial charge in [0.1, 0.15) is 17.1 Å². The second-order valence-corrected chi connectivity index (χ2v) is 8.98. The predicted molar refractivity (Wildman–Crippen MR) is 103 cm³/mol. The summed E-state index contributed by atoms with van der Waals surface area (Å²) in [6, 6.07) is 8.88.